The molecular weight excluding hydrogens is 362 g/mol. The molecule has 0 bridgehead atoms. The number of rotatable bonds is 4. The first-order valence-corrected chi connectivity index (χ1v) is 9.79. The van der Waals surface area contributed by atoms with E-state index < -0.39 is 0 Å². The van der Waals surface area contributed by atoms with Gasteiger partial charge in [-0.15, -0.1) is 0 Å². The Morgan fingerprint density at radius 1 is 1.37 bits per heavy atom. The van der Waals surface area contributed by atoms with Crippen molar-refractivity contribution < 1.29 is 4.79 Å². The number of para-hydroxylation sites is 2. The van der Waals surface area contributed by atoms with Crippen molar-refractivity contribution in [2.24, 2.45) is 13.0 Å². The van der Waals surface area contributed by atoms with E-state index in [0.717, 1.165) is 42.8 Å². The summed E-state index contributed by atoms with van der Waals surface area (Å²) in [5.74, 6) is 1.37. The van der Waals surface area contributed by atoms with Crippen molar-refractivity contribution in [1.29, 1.82) is 0 Å². The van der Waals surface area contributed by atoms with Gasteiger partial charge in [0, 0.05) is 32.3 Å². The summed E-state index contributed by atoms with van der Waals surface area (Å²) in [6.45, 7) is 4.03. The first-order valence-electron chi connectivity index (χ1n) is 9.41. The zero-order chi connectivity index (χ0) is 19.0. The molecule has 6 nitrogen and oxygen atoms in total. The molecule has 142 valence electrons. The van der Waals surface area contributed by atoms with Crippen LogP contribution in [-0.2, 0) is 18.4 Å². The first-order chi connectivity index (χ1) is 13.0. The molecule has 1 saturated heterocycles. The molecule has 3 aromatic rings. The molecule has 0 radical (unpaired) electrons. The lowest BCUT2D eigenvalue weighted by atomic mass is 9.96. The Bertz CT molecular complexity index is 962. The molecule has 1 aromatic carbocycles. The second kappa shape index (κ2) is 7.35. The van der Waals surface area contributed by atoms with Crippen LogP contribution in [0.5, 0.6) is 0 Å². The summed E-state index contributed by atoms with van der Waals surface area (Å²) in [7, 11) is 2.06. The van der Waals surface area contributed by atoms with Crippen molar-refractivity contribution in [2.75, 3.05) is 13.1 Å². The predicted octanol–water partition coefficient (Wildman–Crippen LogP) is 3.47. The van der Waals surface area contributed by atoms with Crippen LogP contribution in [0.25, 0.3) is 11.0 Å². The number of fused-ring (bicyclic) bond motifs is 1. The maximum Gasteiger partial charge on any atom is 0.227 e. The van der Waals surface area contributed by atoms with Crippen LogP contribution in [-0.4, -0.2) is 43.2 Å². The molecule has 0 N–H and O–H groups in total. The van der Waals surface area contributed by atoms with Gasteiger partial charge in [0.05, 0.1) is 34.7 Å². The Kier molecular flexibility index (Phi) is 4.91. The van der Waals surface area contributed by atoms with Crippen molar-refractivity contribution in [3.05, 3.63) is 47.5 Å². The molecule has 1 aliphatic heterocycles. The minimum Gasteiger partial charge on any atom is -0.342 e. The van der Waals surface area contributed by atoms with Gasteiger partial charge in [0.15, 0.2) is 0 Å². The standard InChI is InChI=1S/C20H24ClN5O/c1-14(11-26-13-16(21)10-22-26)20(27)25-9-5-6-15(12-25)19-23-17-7-3-4-8-18(17)24(19)2/h3-4,7-8,10,13-15H,5-6,9,11-12H2,1-2H3. The topological polar surface area (TPSA) is 56.0 Å². The molecule has 4 rings (SSSR count). The van der Waals surface area contributed by atoms with E-state index in [-0.39, 0.29) is 17.7 Å². The summed E-state index contributed by atoms with van der Waals surface area (Å²) in [5, 5.41) is 4.77. The van der Waals surface area contributed by atoms with Gasteiger partial charge >= 0.3 is 0 Å². The molecule has 27 heavy (non-hydrogen) atoms. The van der Waals surface area contributed by atoms with Gasteiger partial charge in [-0.25, -0.2) is 4.98 Å². The van der Waals surface area contributed by atoms with E-state index in [4.69, 9.17) is 16.6 Å². The number of aromatic nitrogens is 4. The normalized spacial score (nSPS) is 18.8. The number of likely N-dealkylation sites (tertiary alicyclic amines) is 1. The highest BCUT2D eigenvalue weighted by Crippen LogP contribution is 2.29. The first kappa shape index (κ1) is 18.0. The maximum atomic E-state index is 13.0. The van der Waals surface area contributed by atoms with Gasteiger partial charge in [-0.05, 0) is 25.0 Å². The van der Waals surface area contributed by atoms with Gasteiger partial charge in [-0.2, -0.15) is 5.10 Å². The highest BCUT2D eigenvalue weighted by Gasteiger charge is 2.30. The average Bonchev–Trinajstić information content (AvgIpc) is 3.24. The molecule has 3 heterocycles. The van der Waals surface area contributed by atoms with E-state index in [1.165, 1.54) is 0 Å². The van der Waals surface area contributed by atoms with Crippen LogP contribution in [0.1, 0.15) is 31.5 Å². The highest BCUT2D eigenvalue weighted by molar-refractivity contribution is 6.30. The van der Waals surface area contributed by atoms with Gasteiger partial charge in [0.2, 0.25) is 5.91 Å². The molecule has 7 heteroatoms. The predicted molar refractivity (Wildman–Crippen MR) is 106 cm³/mol. The Hall–Kier alpha value is -2.34. The molecule has 1 aliphatic rings. The Labute approximate surface area is 163 Å². The van der Waals surface area contributed by atoms with Crippen molar-refractivity contribution in [3.63, 3.8) is 0 Å². The van der Waals surface area contributed by atoms with Crippen LogP contribution in [0.2, 0.25) is 5.02 Å². The number of nitrogens with zero attached hydrogens (tertiary/aromatic N) is 5. The van der Waals surface area contributed by atoms with Gasteiger partial charge in [0.1, 0.15) is 5.82 Å². The van der Waals surface area contributed by atoms with Crippen molar-refractivity contribution in [1.82, 2.24) is 24.2 Å². The maximum absolute atomic E-state index is 13.0. The second-order valence-electron chi connectivity index (χ2n) is 7.42. The van der Waals surface area contributed by atoms with Crippen molar-refractivity contribution in [3.8, 4) is 0 Å². The summed E-state index contributed by atoms with van der Waals surface area (Å²) >= 11 is 5.92. The van der Waals surface area contributed by atoms with Gasteiger partial charge < -0.3 is 9.47 Å². The minimum atomic E-state index is -0.139. The van der Waals surface area contributed by atoms with Crippen LogP contribution < -0.4 is 0 Å². The van der Waals surface area contributed by atoms with E-state index in [1.54, 1.807) is 17.1 Å². The van der Waals surface area contributed by atoms with Gasteiger partial charge in [-0.1, -0.05) is 30.7 Å². The molecule has 0 spiro atoms. The molecule has 1 fully saturated rings. The van der Waals surface area contributed by atoms with E-state index in [1.807, 2.05) is 30.0 Å². The fourth-order valence-corrected chi connectivity index (χ4v) is 4.18. The summed E-state index contributed by atoms with van der Waals surface area (Å²) in [4.78, 5) is 19.8. The third-order valence-corrected chi connectivity index (χ3v) is 5.60. The third-order valence-electron chi connectivity index (χ3n) is 5.40. The second-order valence-corrected chi connectivity index (χ2v) is 7.86. The number of carbonyl (C=O) groups excluding carboxylic acids is 1. The Morgan fingerprint density at radius 2 is 2.19 bits per heavy atom. The smallest absolute Gasteiger partial charge is 0.227 e. The van der Waals surface area contributed by atoms with Crippen molar-refractivity contribution >= 4 is 28.5 Å². The number of hydrogen-bond acceptors (Lipinski definition) is 3. The number of carbonyl (C=O) groups is 1. The van der Waals surface area contributed by atoms with Crippen LogP contribution >= 0.6 is 11.6 Å². The van der Waals surface area contributed by atoms with E-state index in [0.29, 0.717) is 11.6 Å². The molecule has 0 saturated carbocycles. The third kappa shape index (κ3) is 3.58. The van der Waals surface area contributed by atoms with E-state index in [2.05, 4.69) is 22.8 Å². The number of imidazole rings is 1. The van der Waals surface area contributed by atoms with Gasteiger partial charge in [-0.3, -0.25) is 9.48 Å². The molecule has 2 aromatic heterocycles. The highest BCUT2D eigenvalue weighted by atomic mass is 35.5. The van der Waals surface area contributed by atoms with E-state index >= 15 is 0 Å². The number of amides is 1. The number of aryl methyl sites for hydroxylation is 1. The summed E-state index contributed by atoms with van der Waals surface area (Å²) in [6, 6.07) is 8.18. The fourth-order valence-electron chi connectivity index (χ4n) is 4.03. The molecule has 2 unspecified atom stereocenters. The Morgan fingerprint density at radius 3 is 2.93 bits per heavy atom. The largest absolute Gasteiger partial charge is 0.342 e. The molecule has 1 amide bonds. The zero-order valence-electron chi connectivity index (χ0n) is 15.7. The molecular formula is C20H24ClN5O. The van der Waals surface area contributed by atoms with Crippen LogP contribution in [0.15, 0.2) is 36.7 Å². The summed E-state index contributed by atoms with van der Waals surface area (Å²) in [5.41, 5.74) is 2.15. The average molecular weight is 386 g/mol. The quantitative estimate of drug-likeness (QED) is 0.691. The van der Waals surface area contributed by atoms with E-state index in [9.17, 15) is 4.79 Å². The summed E-state index contributed by atoms with van der Waals surface area (Å²) < 4.78 is 3.90. The number of halogens is 1. The van der Waals surface area contributed by atoms with Crippen LogP contribution in [0, 0.1) is 5.92 Å². The van der Waals surface area contributed by atoms with Crippen LogP contribution in [0.4, 0.5) is 0 Å². The lowest BCUT2D eigenvalue weighted by Gasteiger charge is -2.34. The Balaban J connectivity index is 1.48. The van der Waals surface area contributed by atoms with Gasteiger partial charge in [0.25, 0.3) is 0 Å². The summed E-state index contributed by atoms with van der Waals surface area (Å²) in [6.07, 6.45) is 5.41. The minimum absolute atomic E-state index is 0.139. The fraction of sp³-hybridized carbons (Fsp3) is 0.450. The van der Waals surface area contributed by atoms with Crippen molar-refractivity contribution in [2.45, 2.75) is 32.2 Å². The van der Waals surface area contributed by atoms with Crippen LogP contribution in [0.3, 0.4) is 0 Å². The lowest BCUT2D eigenvalue weighted by molar-refractivity contribution is -0.136. The SMILES string of the molecule is CC(Cn1cc(Cl)cn1)C(=O)N1CCCC(c2nc3ccccc3n2C)C1. The number of benzene rings is 1. The number of hydrogen-bond donors (Lipinski definition) is 0. The number of piperidine rings is 1. The molecule has 2 atom stereocenters. The molecule has 0 aliphatic carbocycles. The lowest BCUT2D eigenvalue weighted by Crippen LogP contribution is -2.43. The monoisotopic (exact) mass is 385 g/mol. The zero-order valence-corrected chi connectivity index (χ0v) is 16.4.